The van der Waals surface area contributed by atoms with E-state index in [4.69, 9.17) is 0 Å². The molecule has 0 unspecified atom stereocenters. The van der Waals surface area contributed by atoms with Gasteiger partial charge in [-0.2, -0.15) is 0 Å². The smallest absolute Gasteiger partial charge is 0.0541 e. The molecule has 0 amide bonds. The maximum atomic E-state index is 4.25. The van der Waals surface area contributed by atoms with Crippen molar-refractivity contribution in [3.05, 3.63) is 60.4 Å². The van der Waals surface area contributed by atoms with Crippen molar-refractivity contribution in [3.8, 4) is 0 Å². The van der Waals surface area contributed by atoms with Crippen LogP contribution in [0.1, 0.15) is 5.69 Å². The van der Waals surface area contributed by atoms with Gasteiger partial charge in [0, 0.05) is 31.5 Å². The van der Waals surface area contributed by atoms with E-state index in [9.17, 15) is 0 Å². The van der Waals surface area contributed by atoms with Gasteiger partial charge in [0.1, 0.15) is 0 Å². The summed E-state index contributed by atoms with van der Waals surface area (Å²) in [7, 11) is 0. The van der Waals surface area contributed by atoms with Crippen molar-refractivity contribution in [1.82, 2.24) is 10.3 Å². The van der Waals surface area contributed by atoms with Gasteiger partial charge in [-0.15, -0.1) is 0 Å². The number of para-hydroxylation sites is 1. The number of hydrogen-bond donors (Lipinski definition) is 2. The van der Waals surface area contributed by atoms with Gasteiger partial charge in [-0.3, -0.25) is 4.98 Å². The molecular formula is C14H17N3. The van der Waals surface area contributed by atoms with Gasteiger partial charge in [0.2, 0.25) is 0 Å². The number of hydrogen-bond acceptors (Lipinski definition) is 3. The van der Waals surface area contributed by atoms with E-state index >= 15 is 0 Å². The molecule has 88 valence electrons. The SMILES string of the molecule is c1ccc(NCCNCc2ccccn2)cc1. The summed E-state index contributed by atoms with van der Waals surface area (Å²) >= 11 is 0. The fourth-order valence-electron chi connectivity index (χ4n) is 1.57. The Morgan fingerprint density at radius 1 is 0.882 bits per heavy atom. The number of anilines is 1. The van der Waals surface area contributed by atoms with Crippen LogP contribution in [0.5, 0.6) is 0 Å². The Kier molecular flexibility index (Phi) is 4.55. The zero-order valence-corrected chi connectivity index (χ0v) is 9.76. The molecule has 3 nitrogen and oxygen atoms in total. The molecule has 1 heterocycles. The molecular weight excluding hydrogens is 210 g/mol. The molecule has 0 saturated heterocycles. The number of nitrogens with zero attached hydrogens (tertiary/aromatic N) is 1. The first-order valence-electron chi connectivity index (χ1n) is 5.85. The quantitative estimate of drug-likeness (QED) is 0.743. The van der Waals surface area contributed by atoms with Gasteiger partial charge in [0.25, 0.3) is 0 Å². The third kappa shape index (κ3) is 4.25. The summed E-state index contributed by atoms with van der Waals surface area (Å²) in [5.41, 5.74) is 2.24. The lowest BCUT2D eigenvalue weighted by molar-refractivity contribution is 0.693. The van der Waals surface area contributed by atoms with Gasteiger partial charge in [-0.25, -0.2) is 0 Å². The Labute approximate surface area is 102 Å². The minimum absolute atomic E-state index is 0.817. The zero-order valence-electron chi connectivity index (χ0n) is 9.76. The van der Waals surface area contributed by atoms with E-state index in [0.717, 1.165) is 31.0 Å². The van der Waals surface area contributed by atoms with Crippen molar-refractivity contribution in [1.29, 1.82) is 0 Å². The number of pyridine rings is 1. The Hall–Kier alpha value is -1.87. The molecule has 2 aromatic rings. The zero-order chi connectivity index (χ0) is 11.8. The second-order valence-electron chi connectivity index (χ2n) is 3.79. The standard InChI is InChI=1S/C14H17N3/c1-2-6-13(7-3-1)17-11-10-15-12-14-8-4-5-9-16-14/h1-9,15,17H,10-12H2. The topological polar surface area (TPSA) is 37.0 Å². The first-order valence-corrected chi connectivity index (χ1v) is 5.85. The Bertz CT molecular complexity index is 372. The first-order chi connectivity index (χ1) is 8.45. The minimum atomic E-state index is 0.817. The van der Waals surface area contributed by atoms with Gasteiger partial charge >= 0.3 is 0 Å². The fraction of sp³-hybridized carbons (Fsp3) is 0.214. The van der Waals surface area contributed by atoms with E-state index in [1.54, 1.807) is 0 Å². The van der Waals surface area contributed by atoms with Crippen LogP contribution in [-0.4, -0.2) is 18.1 Å². The van der Waals surface area contributed by atoms with Crippen LogP contribution >= 0.6 is 0 Å². The van der Waals surface area contributed by atoms with Crippen LogP contribution in [0.25, 0.3) is 0 Å². The van der Waals surface area contributed by atoms with Crippen LogP contribution in [0.2, 0.25) is 0 Å². The molecule has 3 heteroatoms. The van der Waals surface area contributed by atoms with E-state index in [2.05, 4.69) is 27.8 Å². The third-order valence-electron chi connectivity index (χ3n) is 2.44. The Morgan fingerprint density at radius 3 is 2.47 bits per heavy atom. The number of rotatable bonds is 6. The highest BCUT2D eigenvalue weighted by Crippen LogP contribution is 2.03. The van der Waals surface area contributed by atoms with Crippen molar-refractivity contribution in [3.63, 3.8) is 0 Å². The lowest BCUT2D eigenvalue weighted by atomic mass is 10.3. The van der Waals surface area contributed by atoms with Gasteiger partial charge in [-0.1, -0.05) is 24.3 Å². The maximum Gasteiger partial charge on any atom is 0.0541 e. The summed E-state index contributed by atoms with van der Waals surface area (Å²) in [5, 5.41) is 6.69. The second-order valence-corrected chi connectivity index (χ2v) is 3.79. The summed E-state index contributed by atoms with van der Waals surface area (Å²) in [6.45, 7) is 2.65. The van der Waals surface area contributed by atoms with Crippen LogP contribution < -0.4 is 10.6 Å². The molecule has 0 bridgehead atoms. The van der Waals surface area contributed by atoms with E-state index in [1.165, 1.54) is 0 Å². The van der Waals surface area contributed by atoms with Crippen LogP contribution in [0.4, 0.5) is 5.69 Å². The third-order valence-corrected chi connectivity index (χ3v) is 2.44. The van der Waals surface area contributed by atoms with E-state index < -0.39 is 0 Å². The fourth-order valence-corrected chi connectivity index (χ4v) is 1.57. The molecule has 0 spiro atoms. The second kappa shape index (κ2) is 6.66. The van der Waals surface area contributed by atoms with Gasteiger partial charge in [0.15, 0.2) is 0 Å². The van der Waals surface area contributed by atoms with Crippen molar-refractivity contribution in [2.45, 2.75) is 6.54 Å². The molecule has 0 aliphatic rings. The number of aromatic nitrogens is 1. The molecule has 0 saturated carbocycles. The maximum absolute atomic E-state index is 4.25. The average Bonchev–Trinajstić information content (AvgIpc) is 2.41. The number of benzene rings is 1. The van der Waals surface area contributed by atoms with Crippen LogP contribution in [0.3, 0.4) is 0 Å². The highest BCUT2D eigenvalue weighted by atomic mass is 14.9. The summed E-state index contributed by atoms with van der Waals surface area (Å²) in [4.78, 5) is 4.25. The molecule has 0 atom stereocenters. The molecule has 0 aliphatic carbocycles. The molecule has 0 radical (unpaired) electrons. The average molecular weight is 227 g/mol. The van der Waals surface area contributed by atoms with E-state index in [0.29, 0.717) is 0 Å². The molecule has 0 aliphatic heterocycles. The van der Waals surface area contributed by atoms with Crippen molar-refractivity contribution >= 4 is 5.69 Å². The largest absolute Gasteiger partial charge is 0.384 e. The predicted molar refractivity (Wildman–Crippen MR) is 70.9 cm³/mol. The molecule has 2 rings (SSSR count). The van der Waals surface area contributed by atoms with Crippen molar-refractivity contribution < 1.29 is 0 Å². The predicted octanol–water partition coefficient (Wildman–Crippen LogP) is 2.28. The molecule has 1 aromatic carbocycles. The minimum Gasteiger partial charge on any atom is -0.384 e. The van der Waals surface area contributed by atoms with Crippen LogP contribution in [0, 0.1) is 0 Å². The highest BCUT2D eigenvalue weighted by molar-refractivity contribution is 5.42. The van der Waals surface area contributed by atoms with Crippen molar-refractivity contribution in [2.24, 2.45) is 0 Å². The Balaban J connectivity index is 1.61. The molecule has 17 heavy (non-hydrogen) atoms. The lowest BCUT2D eigenvalue weighted by Gasteiger charge is -2.07. The van der Waals surface area contributed by atoms with Gasteiger partial charge in [0.05, 0.1) is 5.69 Å². The van der Waals surface area contributed by atoms with Crippen LogP contribution in [-0.2, 0) is 6.54 Å². The summed E-state index contributed by atoms with van der Waals surface area (Å²) in [5.74, 6) is 0. The first kappa shape index (κ1) is 11.6. The van der Waals surface area contributed by atoms with Crippen LogP contribution in [0.15, 0.2) is 54.7 Å². The van der Waals surface area contributed by atoms with Gasteiger partial charge < -0.3 is 10.6 Å². The number of nitrogens with one attached hydrogen (secondary N) is 2. The van der Waals surface area contributed by atoms with E-state index in [-0.39, 0.29) is 0 Å². The van der Waals surface area contributed by atoms with Gasteiger partial charge in [-0.05, 0) is 24.3 Å². The molecule has 2 N–H and O–H groups in total. The molecule has 1 aromatic heterocycles. The Morgan fingerprint density at radius 2 is 1.71 bits per heavy atom. The molecule has 0 fully saturated rings. The summed E-state index contributed by atoms with van der Waals surface area (Å²) in [6.07, 6.45) is 1.82. The normalized spacial score (nSPS) is 10.1. The monoisotopic (exact) mass is 227 g/mol. The van der Waals surface area contributed by atoms with Crippen molar-refractivity contribution in [2.75, 3.05) is 18.4 Å². The highest BCUT2D eigenvalue weighted by Gasteiger charge is 1.92. The summed E-state index contributed by atoms with van der Waals surface area (Å²) < 4.78 is 0. The van der Waals surface area contributed by atoms with E-state index in [1.807, 2.05) is 42.6 Å². The summed E-state index contributed by atoms with van der Waals surface area (Å²) in [6, 6.07) is 16.2. The lowest BCUT2D eigenvalue weighted by Crippen LogP contribution is -2.22.